The minimum absolute atomic E-state index is 0.0574. The fourth-order valence-corrected chi connectivity index (χ4v) is 5.48. The predicted octanol–water partition coefficient (Wildman–Crippen LogP) is 4.87. The van der Waals surface area contributed by atoms with Crippen LogP contribution in [0, 0.1) is 0 Å². The number of anilines is 1. The van der Waals surface area contributed by atoms with Crippen molar-refractivity contribution in [1.29, 1.82) is 0 Å². The van der Waals surface area contributed by atoms with E-state index in [1.807, 2.05) is 13.0 Å². The van der Waals surface area contributed by atoms with Crippen molar-refractivity contribution in [2.45, 2.75) is 69.2 Å². The summed E-state index contributed by atoms with van der Waals surface area (Å²) in [7, 11) is 0. The normalized spacial score (nSPS) is 23.4. The minimum Gasteiger partial charge on any atom is -0.406 e. The Morgan fingerprint density at radius 1 is 1.16 bits per heavy atom. The number of fused-ring (bicyclic) bond motifs is 1. The number of amides is 1. The molecule has 4 N–H and O–H groups in total. The Bertz CT molecular complexity index is 1290. The van der Waals surface area contributed by atoms with E-state index >= 15 is 0 Å². The Labute approximate surface area is 212 Å². The third kappa shape index (κ3) is 5.51. The van der Waals surface area contributed by atoms with E-state index in [0.717, 1.165) is 60.4 Å². The average molecular weight is 518 g/mol. The van der Waals surface area contributed by atoms with Crippen molar-refractivity contribution in [3.63, 3.8) is 0 Å². The maximum absolute atomic E-state index is 13.0. The maximum Gasteiger partial charge on any atom is 0.573 e. The number of aromatic nitrogens is 3. The summed E-state index contributed by atoms with van der Waals surface area (Å²) in [5, 5.41) is 10.3. The molecule has 37 heavy (non-hydrogen) atoms. The van der Waals surface area contributed by atoms with Crippen LogP contribution >= 0.6 is 0 Å². The van der Waals surface area contributed by atoms with Crippen molar-refractivity contribution in [1.82, 2.24) is 19.9 Å². The fraction of sp³-hybridized carbons (Fsp3) is 0.500. The molecule has 3 aromatic rings. The number of alkyl halides is 3. The molecule has 1 saturated carbocycles. The summed E-state index contributed by atoms with van der Waals surface area (Å²) < 4.78 is 41.3. The molecule has 2 fully saturated rings. The molecular formula is C26H30F3N5O3. The SMILES string of the molecule is CC1(O)CCC(c2nc3c(C4CCN(C(=O)c5ccc(OC(F)(F)F)cc5N)CC4)ccnc3[nH]2)CC1. The molecule has 0 bridgehead atoms. The minimum atomic E-state index is -4.83. The number of imidazole rings is 1. The first kappa shape index (κ1) is 25.3. The van der Waals surface area contributed by atoms with E-state index in [-0.39, 0.29) is 29.0 Å². The number of benzene rings is 1. The molecule has 8 nitrogen and oxygen atoms in total. The smallest absolute Gasteiger partial charge is 0.406 e. The second-order valence-corrected chi connectivity index (χ2v) is 10.4. The van der Waals surface area contributed by atoms with Gasteiger partial charge in [-0.3, -0.25) is 4.79 Å². The summed E-state index contributed by atoms with van der Waals surface area (Å²) in [6.45, 7) is 2.86. The van der Waals surface area contributed by atoms with E-state index < -0.39 is 17.7 Å². The number of aliphatic hydroxyl groups is 1. The number of H-pyrrole nitrogens is 1. The number of hydrogen-bond acceptors (Lipinski definition) is 6. The van der Waals surface area contributed by atoms with Gasteiger partial charge >= 0.3 is 6.36 Å². The predicted molar refractivity (Wildman–Crippen MR) is 131 cm³/mol. The van der Waals surface area contributed by atoms with Crippen molar-refractivity contribution < 1.29 is 27.8 Å². The number of aromatic amines is 1. The number of nitrogens with zero attached hydrogens (tertiary/aromatic N) is 3. The van der Waals surface area contributed by atoms with Crippen LogP contribution in [0.1, 0.15) is 79.0 Å². The molecular weight excluding hydrogens is 487 g/mol. The highest BCUT2D eigenvalue weighted by molar-refractivity contribution is 5.99. The van der Waals surface area contributed by atoms with Crippen LogP contribution in [0.5, 0.6) is 5.75 Å². The van der Waals surface area contributed by atoms with E-state index in [1.54, 1.807) is 11.1 Å². The molecule has 1 amide bonds. The van der Waals surface area contributed by atoms with Crippen molar-refractivity contribution in [3.8, 4) is 5.75 Å². The van der Waals surface area contributed by atoms with E-state index in [4.69, 9.17) is 10.7 Å². The number of pyridine rings is 1. The van der Waals surface area contributed by atoms with Crippen LogP contribution in [0.2, 0.25) is 0 Å². The molecule has 0 atom stereocenters. The monoisotopic (exact) mass is 517 g/mol. The highest BCUT2D eigenvalue weighted by atomic mass is 19.4. The van der Waals surface area contributed by atoms with E-state index in [0.29, 0.717) is 25.9 Å². The molecule has 2 aromatic heterocycles. The van der Waals surface area contributed by atoms with Crippen molar-refractivity contribution in [2.24, 2.45) is 0 Å². The molecule has 1 saturated heterocycles. The molecule has 1 aliphatic carbocycles. The molecule has 2 aliphatic rings. The Kier molecular flexibility index (Phi) is 6.51. The highest BCUT2D eigenvalue weighted by Gasteiger charge is 2.33. The standard InChI is InChI=1S/C26H30F3N5O3/c1-25(36)9-4-16(5-10-25)22-32-21-18(6-11-31-23(21)33-22)15-7-12-34(13-8-15)24(35)19-3-2-17(14-20(19)30)37-26(27,28)29/h2-3,6,11,14-16,36H,4-5,7-10,12-13,30H2,1H3,(H,31,32,33). The first-order valence-corrected chi connectivity index (χ1v) is 12.5. The number of rotatable bonds is 4. The number of likely N-dealkylation sites (tertiary alicyclic amines) is 1. The first-order valence-electron chi connectivity index (χ1n) is 12.5. The molecule has 11 heteroatoms. The second-order valence-electron chi connectivity index (χ2n) is 10.4. The molecule has 0 radical (unpaired) electrons. The van der Waals surface area contributed by atoms with Crippen LogP contribution in [-0.2, 0) is 0 Å². The number of piperidine rings is 1. The Balaban J connectivity index is 1.26. The van der Waals surface area contributed by atoms with Crippen molar-refractivity contribution in [2.75, 3.05) is 18.8 Å². The third-order valence-electron chi connectivity index (χ3n) is 7.59. The molecule has 5 rings (SSSR count). The molecule has 0 unspecified atom stereocenters. The van der Waals surface area contributed by atoms with Crippen LogP contribution in [0.15, 0.2) is 30.5 Å². The van der Waals surface area contributed by atoms with Crippen LogP contribution in [0.3, 0.4) is 0 Å². The van der Waals surface area contributed by atoms with Gasteiger partial charge in [0, 0.05) is 37.0 Å². The van der Waals surface area contributed by atoms with Gasteiger partial charge in [-0.1, -0.05) is 0 Å². The van der Waals surface area contributed by atoms with Crippen LogP contribution in [-0.4, -0.2) is 55.9 Å². The summed E-state index contributed by atoms with van der Waals surface area (Å²) in [4.78, 5) is 27.5. The topological polar surface area (TPSA) is 117 Å². The van der Waals surface area contributed by atoms with Gasteiger partial charge in [-0.2, -0.15) is 0 Å². The van der Waals surface area contributed by atoms with Crippen molar-refractivity contribution >= 4 is 22.8 Å². The number of halogens is 3. The molecule has 3 heterocycles. The third-order valence-corrected chi connectivity index (χ3v) is 7.59. The van der Waals surface area contributed by atoms with Gasteiger partial charge in [0.15, 0.2) is 5.65 Å². The van der Waals surface area contributed by atoms with E-state index in [2.05, 4.69) is 14.7 Å². The van der Waals surface area contributed by atoms with Gasteiger partial charge < -0.3 is 25.5 Å². The van der Waals surface area contributed by atoms with Gasteiger partial charge in [-0.05, 0) is 75.1 Å². The number of hydrogen-bond donors (Lipinski definition) is 3. The van der Waals surface area contributed by atoms with Gasteiger partial charge in [-0.25, -0.2) is 9.97 Å². The zero-order valence-electron chi connectivity index (χ0n) is 20.5. The van der Waals surface area contributed by atoms with Gasteiger partial charge in [0.2, 0.25) is 0 Å². The number of carbonyl (C=O) groups excluding carboxylic acids is 1. The molecule has 0 spiro atoms. The number of nitrogen functional groups attached to an aromatic ring is 1. The van der Waals surface area contributed by atoms with Gasteiger partial charge in [0.1, 0.15) is 17.1 Å². The first-order chi connectivity index (χ1) is 17.5. The molecule has 1 aliphatic heterocycles. The van der Waals surface area contributed by atoms with Gasteiger partial charge in [-0.15, -0.1) is 13.2 Å². The summed E-state index contributed by atoms with van der Waals surface area (Å²) in [5.74, 6) is 0.591. The van der Waals surface area contributed by atoms with Gasteiger partial charge in [0.05, 0.1) is 11.2 Å². The van der Waals surface area contributed by atoms with Crippen LogP contribution in [0.25, 0.3) is 11.2 Å². The Morgan fingerprint density at radius 3 is 2.51 bits per heavy atom. The number of nitrogens with one attached hydrogen (secondary N) is 1. The lowest BCUT2D eigenvalue weighted by molar-refractivity contribution is -0.274. The second kappa shape index (κ2) is 9.51. The lowest BCUT2D eigenvalue weighted by Crippen LogP contribution is -2.38. The lowest BCUT2D eigenvalue weighted by Gasteiger charge is -2.32. The molecule has 1 aromatic carbocycles. The average Bonchev–Trinajstić information content (AvgIpc) is 3.27. The Hall–Kier alpha value is -3.34. The number of carbonyl (C=O) groups is 1. The van der Waals surface area contributed by atoms with Crippen molar-refractivity contribution in [3.05, 3.63) is 47.4 Å². The van der Waals surface area contributed by atoms with Crippen LogP contribution in [0.4, 0.5) is 18.9 Å². The zero-order chi connectivity index (χ0) is 26.4. The van der Waals surface area contributed by atoms with E-state index in [9.17, 15) is 23.1 Å². The maximum atomic E-state index is 13.0. The van der Waals surface area contributed by atoms with Gasteiger partial charge in [0.25, 0.3) is 5.91 Å². The zero-order valence-corrected chi connectivity index (χ0v) is 20.5. The quantitative estimate of drug-likeness (QED) is 0.425. The van der Waals surface area contributed by atoms with E-state index in [1.165, 1.54) is 6.07 Å². The highest BCUT2D eigenvalue weighted by Crippen LogP contribution is 2.38. The van der Waals surface area contributed by atoms with Crippen LogP contribution < -0.4 is 10.5 Å². The number of nitrogens with two attached hydrogens (primary N) is 1. The summed E-state index contributed by atoms with van der Waals surface area (Å²) in [6, 6.07) is 5.37. The lowest BCUT2D eigenvalue weighted by atomic mass is 9.80. The molecule has 198 valence electrons. The summed E-state index contributed by atoms with van der Waals surface area (Å²) in [5.41, 5.74) is 8.06. The summed E-state index contributed by atoms with van der Waals surface area (Å²) in [6.07, 6.45) is 1.60. The Morgan fingerprint density at radius 2 is 1.86 bits per heavy atom. The number of ether oxygens (including phenoxy) is 1. The summed E-state index contributed by atoms with van der Waals surface area (Å²) >= 11 is 0. The largest absolute Gasteiger partial charge is 0.573 e. The fourth-order valence-electron chi connectivity index (χ4n) is 5.48.